The molecule has 2 unspecified atom stereocenters. The van der Waals surface area contributed by atoms with Crippen molar-refractivity contribution in [3.8, 4) is 11.5 Å². The lowest BCUT2D eigenvalue weighted by molar-refractivity contribution is -0.0716. The number of fused-ring (bicyclic) bond motifs is 8. The third-order valence-electron chi connectivity index (χ3n) is 16.8. The van der Waals surface area contributed by atoms with E-state index in [1.807, 2.05) is 60.9 Å². The van der Waals surface area contributed by atoms with Crippen molar-refractivity contribution < 1.29 is 28.5 Å². The van der Waals surface area contributed by atoms with Crippen LogP contribution in [0.4, 0.5) is 9.59 Å². The number of ether oxygens (including phenoxy) is 4. The minimum Gasteiger partial charge on any atom is -0.497 e. The average Bonchev–Trinajstić information content (AvgIpc) is 3.31. The van der Waals surface area contributed by atoms with Gasteiger partial charge in [-0.1, -0.05) is 12.2 Å². The number of rotatable bonds is 12. The number of hydrogen-bond donors (Lipinski definition) is 2. The predicted molar refractivity (Wildman–Crippen MR) is 245 cm³/mol. The molecule has 4 aliphatic carbocycles. The molecule has 2 aromatic heterocycles. The number of pyridine rings is 2. The summed E-state index contributed by atoms with van der Waals surface area (Å²) in [4.78, 5) is 43.7. The Morgan fingerprint density at radius 2 is 1.14 bits per heavy atom. The van der Waals surface area contributed by atoms with Crippen molar-refractivity contribution in [1.82, 2.24) is 30.4 Å². The third-order valence-corrected chi connectivity index (χ3v) is 16.8. The number of nitrogens with one attached hydrogen (secondary N) is 2. The fraction of sp³-hybridized carbons (Fsp3) is 0.538. The van der Waals surface area contributed by atoms with Crippen molar-refractivity contribution in [2.45, 2.75) is 99.6 Å². The van der Waals surface area contributed by atoms with Crippen LogP contribution in [0.5, 0.6) is 11.5 Å². The Hall–Kier alpha value is -5.20. The Morgan fingerprint density at radius 1 is 0.688 bits per heavy atom. The summed E-state index contributed by atoms with van der Waals surface area (Å²) in [5, 5.41) is 8.87. The molecule has 0 radical (unpaired) electrons. The maximum absolute atomic E-state index is 14.7. The number of piperidine rings is 6. The second-order valence-corrected chi connectivity index (χ2v) is 20.5. The fourth-order valence-electron chi connectivity index (χ4n) is 14.4. The summed E-state index contributed by atoms with van der Waals surface area (Å²) < 4.78 is 24.9. The van der Waals surface area contributed by atoms with Crippen LogP contribution in [-0.4, -0.2) is 95.5 Å². The molecule has 6 saturated heterocycles. The smallest absolute Gasteiger partial charge is 0.408 e. The number of hydrogen-bond acceptors (Lipinski definition) is 10. The summed E-state index contributed by atoms with van der Waals surface area (Å²) in [6.07, 6.45) is 15.3. The number of carbonyl (C=O) groups excluding carboxylic acids is 2. The van der Waals surface area contributed by atoms with Gasteiger partial charge in [0.25, 0.3) is 0 Å². The van der Waals surface area contributed by atoms with E-state index in [1.165, 1.54) is 0 Å². The third kappa shape index (κ3) is 7.38. The SMILES string of the molecule is C=C[C@H]1CN2CC[C@H]1C[C@@H]2[C@@H](OC(=O)NC12CC3CC(C1)CC(NC(=O)O[C@@H](c1ccnc4ccc(OC)cc14)[C@H]1C[C@@H]4CCN1C[C@@H]4C=C)(C3)C2)c1ccnc2ccc(OC)cc12. The zero-order valence-corrected chi connectivity index (χ0v) is 37.3. The van der Waals surface area contributed by atoms with Gasteiger partial charge in [-0.05, 0) is 161 Å². The van der Waals surface area contributed by atoms with Crippen molar-refractivity contribution in [1.29, 1.82) is 0 Å². The Bertz CT molecular complexity index is 2300. The van der Waals surface area contributed by atoms with Crippen LogP contribution in [0.15, 0.2) is 86.2 Å². The Kier molecular flexibility index (Phi) is 10.6. The molecule has 8 heterocycles. The highest BCUT2D eigenvalue weighted by Gasteiger charge is 2.60. The van der Waals surface area contributed by atoms with Gasteiger partial charge in [0.1, 0.15) is 23.7 Å². The lowest BCUT2D eigenvalue weighted by Crippen LogP contribution is -2.70. The number of amides is 2. The van der Waals surface area contributed by atoms with E-state index >= 15 is 0 Å². The molecule has 0 spiro atoms. The number of benzene rings is 2. The van der Waals surface area contributed by atoms with Crippen molar-refractivity contribution >= 4 is 34.0 Å². The fourth-order valence-corrected chi connectivity index (χ4v) is 14.4. The van der Waals surface area contributed by atoms with E-state index in [0.717, 1.165) is 128 Å². The van der Waals surface area contributed by atoms with Crippen molar-refractivity contribution in [3.63, 3.8) is 0 Å². The van der Waals surface area contributed by atoms with Crippen LogP contribution in [0.3, 0.4) is 0 Å². The minimum absolute atomic E-state index is 0.0153. The molecule has 12 heteroatoms. The van der Waals surface area contributed by atoms with E-state index < -0.39 is 35.5 Å². The summed E-state index contributed by atoms with van der Waals surface area (Å²) >= 11 is 0. The molecule has 10 aliphatic rings. The first-order valence-electron chi connectivity index (χ1n) is 23.7. The summed E-state index contributed by atoms with van der Waals surface area (Å²) in [6.45, 7) is 12.1. The molecule has 4 aromatic rings. The molecule has 10 fully saturated rings. The molecule has 12 nitrogen and oxygen atoms in total. The van der Waals surface area contributed by atoms with Crippen LogP contribution >= 0.6 is 0 Å². The highest BCUT2D eigenvalue weighted by atomic mass is 16.6. The van der Waals surface area contributed by atoms with Crippen LogP contribution in [0.25, 0.3) is 21.8 Å². The summed E-state index contributed by atoms with van der Waals surface area (Å²) in [6, 6.07) is 15.8. The molecular formula is C52H62N6O6. The van der Waals surface area contributed by atoms with Gasteiger partial charge in [0.05, 0.1) is 37.3 Å². The minimum atomic E-state index is -0.518. The lowest BCUT2D eigenvalue weighted by Gasteiger charge is -2.61. The van der Waals surface area contributed by atoms with Gasteiger partial charge in [0.2, 0.25) is 0 Å². The molecule has 8 bridgehead atoms. The molecule has 2 N–H and O–H groups in total. The van der Waals surface area contributed by atoms with Gasteiger partial charge in [0.15, 0.2) is 0 Å². The largest absolute Gasteiger partial charge is 0.497 e. The lowest BCUT2D eigenvalue weighted by atomic mass is 9.50. The number of aromatic nitrogens is 2. The van der Waals surface area contributed by atoms with E-state index in [-0.39, 0.29) is 12.1 Å². The molecule has 10 atom stereocenters. The first-order chi connectivity index (χ1) is 31.1. The highest BCUT2D eigenvalue weighted by molar-refractivity contribution is 5.85. The van der Waals surface area contributed by atoms with E-state index in [0.29, 0.717) is 41.9 Å². The summed E-state index contributed by atoms with van der Waals surface area (Å²) in [5.74, 6) is 4.05. The number of alkyl carbamates (subject to hydrolysis) is 2. The maximum Gasteiger partial charge on any atom is 0.408 e. The van der Waals surface area contributed by atoms with E-state index in [2.05, 4.69) is 55.7 Å². The van der Waals surface area contributed by atoms with E-state index in [1.54, 1.807) is 14.2 Å². The van der Waals surface area contributed by atoms with Gasteiger partial charge in [0, 0.05) is 58.5 Å². The Labute approximate surface area is 376 Å². The number of methoxy groups -OCH3 is 2. The Morgan fingerprint density at radius 3 is 1.53 bits per heavy atom. The van der Waals surface area contributed by atoms with Gasteiger partial charge in [-0.2, -0.15) is 0 Å². The van der Waals surface area contributed by atoms with Crippen molar-refractivity contribution in [3.05, 3.63) is 97.4 Å². The molecule has 2 amide bonds. The van der Waals surface area contributed by atoms with Crippen LogP contribution < -0.4 is 20.1 Å². The second-order valence-electron chi connectivity index (χ2n) is 20.5. The molecule has 6 aliphatic heterocycles. The molecule has 64 heavy (non-hydrogen) atoms. The average molecular weight is 867 g/mol. The van der Waals surface area contributed by atoms with E-state index in [4.69, 9.17) is 18.9 Å². The van der Waals surface area contributed by atoms with Crippen molar-refractivity contribution in [2.75, 3.05) is 40.4 Å². The molecule has 2 aromatic carbocycles. The number of nitrogens with zero attached hydrogens (tertiary/aromatic N) is 4. The van der Waals surface area contributed by atoms with Crippen LogP contribution in [0.2, 0.25) is 0 Å². The maximum atomic E-state index is 14.7. The van der Waals surface area contributed by atoms with Crippen LogP contribution in [0, 0.1) is 35.5 Å². The standard InChI is InChI=1S/C52H62N6O6/c1-5-33-28-57-17-13-35(33)20-45(57)47(39-11-15-53-43-9-7-37(61-3)22-41(39)43)63-49(59)55-51-24-31-19-32(25-51)27-52(26-31,30-51)56-50(60)64-48(46-21-36-14-18-58(46)29-34(36)6-2)40-12-16-54-44-10-8-38(62-4)23-42(40)44/h5-12,15-16,22-23,31-36,45-48H,1-2,13-14,17-21,24-30H2,3-4H3,(H,55,59)(H,56,60)/t31?,32?,33-,34-,35-,36-,45+,46+,47-,48-,51?,52?/m0/s1. The van der Waals surface area contributed by atoms with Gasteiger partial charge in [-0.25, -0.2) is 9.59 Å². The van der Waals surface area contributed by atoms with Crippen LogP contribution in [-0.2, 0) is 9.47 Å². The monoisotopic (exact) mass is 866 g/mol. The highest BCUT2D eigenvalue weighted by Crippen LogP contribution is 2.58. The second kappa shape index (κ2) is 16.3. The summed E-state index contributed by atoms with van der Waals surface area (Å²) in [7, 11) is 3.34. The quantitative estimate of drug-likeness (QED) is 0.133. The van der Waals surface area contributed by atoms with E-state index in [9.17, 15) is 9.59 Å². The van der Waals surface area contributed by atoms with Gasteiger partial charge in [-0.15, -0.1) is 13.2 Å². The van der Waals surface area contributed by atoms with Gasteiger partial charge >= 0.3 is 12.2 Å². The van der Waals surface area contributed by atoms with Gasteiger partial charge in [-0.3, -0.25) is 19.8 Å². The zero-order chi connectivity index (χ0) is 43.7. The van der Waals surface area contributed by atoms with Crippen molar-refractivity contribution in [2.24, 2.45) is 35.5 Å². The first-order valence-corrected chi connectivity index (χ1v) is 23.7. The summed E-state index contributed by atoms with van der Waals surface area (Å²) in [5.41, 5.74) is 2.54. The van der Waals surface area contributed by atoms with Gasteiger partial charge < -0.3 is 29.6 Å². The first kappa shape index (κ1) is 41.5. The molecule has 336 valence electrons. The normalized spacial score (nSPS) is 35.3. The molecule has 4 saturated carbocycles. The molecule has 14 rings (SSSR count). The number of carbonyl (C=O) groups is 2. The van der Waals surface area contributed by atoms with Crippen LogP contribution in [0.1, 0.15) is 87.5 Å². The zero-order valence-electron chi connectivity index (χ0n) is 37.3. The topological polar surface area (TPSA) is 127 Å². The molecular weight excluding hydrogens is 805 g/mol. The Balaban J connectivity index is 0.860. The predicted octanol–water partition coefficient (Wildman–Crippen LogP) is 8.92.